The second-order valence-corrected chi connectivity index (χ2v) is 5.99. The lowest BCUT2D eigenvalue weighted by Crippen LogP contribution is -2.35. The number of rotatable bonds is 3. The van der Waals surface area contributed by atoms with Gasteiger partial charge in [-0.2, -0.15) is 0 Å². The molecule has 1 aromatic rings. The van der Waals surface area contributed by atoms with Crippen LogP contribution in [0.5, 0.6) is 0 Å². The summed E-state index contributed by atoms with van der Waals surface area (Å²) in [6.45, 7) is 5.96. The summed E-state index contributed by atoms with van der Waals surface area (Å²) >= 11 is 0. The average Bonchev–Trinajstić information content (AvgIpc) is 2.89. The number of hydrogen-bond donors (Lipinski definition) is 1. The molecule has 0 bridgehead atoms. The highest BCUT2D eigenvalue weighted by Gasteiger charge is 2.26. The number of nitrogens with zero attached hydrogens (tertiary/aromatic N) is 1. The van der Waals surface area contributed by atoms with Gasteiger partial charge < -0.3 is 10.2 Å². The van der Waals surface area contributed by atoms with Gasteiger partial charge in [-0.05, 0) is 68.4 Å². The molecule has 19 heavy (non-hydrogen) atoms. The van der Waals surface area contributed by atoms with E-state index >= 15 is 0 Å². The van der Waals surface area contributed by atoms with Gasteiger partial charge in [0.25, 0.3) is 0 Å². The third-order valence-corrected chi connectivity index (χ3v) is 4.59. The first-order valence-corrected chi connectivity index (χ1v) is 7.50. The SMILES string of the molecule is Fc1ccc(C2CCN(CC3CCNCC3)C2)cc1. The van der Waals surface area contributed by atoms with Crippen molar-refractivity contribution in [3.63, 3.8) is 0 Å². The van der Waals surface area contributed by atoms with Gasteiger partial charge in [0, 0.05) is 13.1 Å². The van der Waals surface area contributed by atoms with Crippen molar-refractivity contribution in [1.82, 2.24) is 10.2 Å². The largest absolute Gasteiger partial charge is 0.317 e. The first-order valence-electron chi connectivity index (χ1n) is 7.50. The third-order valence-electron chi connectivity index (χ3n) is 4.59. The van der Waals surface area contributed by atoms with E-state index in [1.807, 2.05) is 12.1 Å². The van der Waals surface area contributed by atoms with Crippen LogP contribution in [0.2, 0.25) is 0 Å². The van der Waals surface area contributed by atoms with Crippen LogP contribution in [0.3, 0.4) is 0 Å². The molecule has 104 valence electrons. The topological polar surface area (TPSA) is 15.3 Å². The molecule has 0 spiro atoms. The maximum absolute atomic E-state index is 12.9. The van der Waals surface area contributed by atoms with Gasteiger partial charge in [-0.15, -0.1) is 0 Å². The lowest BCUT2D eigenvalue weighted by Gasteiger charge is -2.27. The highest BCUT2D eigenvalue weighted by Crippen LogP contribution is 2.28. The number of halogens is 1. The minimum Gasteiger partial charge on any atom is -0.317 e. The molecule has 1 unspecified atom stereocenters. The van der Waals surface area contributed by atoms with Crippen molar-refractivity contribution in [1.29, 1.82) is 0 Å². The third kappa shape index (κ3) is 3.34. The van der Waals surface area contributed by atoms with Crippen molar-refractivity contribution in [2.75, 3.05) is 32.7 Å². The summed E-state index contributed by atoms with van der Waals surface area (Å²) in [5, 5.41) is 3.43. The summed E-state index contributed by atoms with van der Waals surface area (Å²) in [5.41, 5.74) is 1.30. The van der Waals surface area contributed by atoms with E-state index in [0.717, 1.165) is 12.5 Å². The number of benzene rings is 1. The Bertz CT molecular complexity index is 398. The second-order valence-electron chi connectivity index (χ2n) is 5.99. The minimum atomic E-state index is -0.131. The minimum absolute atomic E-state index is 0.131. The van der Waals surface area contributed by atoms with Crippen molar-refractivity contribution in [2.24, 2.45) is 5.92 Å². The molecule has 2 aliphatic heterocycles. The quantitative estimate of drug-likeness (QED) is 0.901. The Balaban J connectivity index is 1.53. The molecule has 3 heteroatoms. The van der Waals surface area contributed by atoms with E-state index in [1.165, 1.54) is 51.0 Å². The number of hydrogen-bond acceptors (Lipinski definition) is 2. The highest BCUT2D eigenvalue weighted by atomic mass is 19.1. The molecule has 0 aromatic heterocycles. The summed E-state index contributed by atoms with van der Waals surface area (Å²) in [5.74, 6) is 1.34. The smallest absolute Gasteiger partial charge is 0.123 e. The maximum atomic E-state index is 12.9. The van der Waals surface area contributed by atoms with Crippen LogP contribution < -0.4 is 5.32 Å². The van der Waals surface area contributed by atoms with Crippen LogP contribution in [0.4, 0.5) is 4.39 Å². The van der Waals surface area contributed by atoms with E-state index in [9.17, 15) is 4.39 Å². The van der Waals surface area contributed by atoms with E-state index in [0.29, 0.717) is 5.92 Å². The Morgan fingerprint density at radius 1 is 1.11 bits per heavy atom. The molecule has 2 saturated heterocycles. The lowest BCUT2D eigenvalue weighted by atomic mass is 9.97. The summed E-state index contributed by atoms with van der Waals surface area (Å²) in [6, 6.07) is 7.08. The van der Waals surface area contributed by atoms with Crippen molar-refractivity contribution in [2.45, 2.75) is 25.2 Å². The first kappa shape index (κ1) is 13.1. The van der Waals surface area contributed by atoms with Gasteiger partial charge in [-0.3, -0.25) is 0 Å². The Morgan fingerprint density at radius 3 is 2.58 bits per heavy atom. The van der Waals surface area contributed by atoms with Gasteiger partial charge in [0.15, 0.2) is 0 Å². The molecule has 1 aromatic carbocycles. The summed E-state index contributed by atoms with van der Waals surface area (Å²) in [6.07, 6.45) is 3.85. The van der Waals surface area contributed by atoms with Crippen LogP contribution in [-0.2, 0) is 0 Å². The standard InChI is InChI=1S/C16H23FN2/c17-16-3-1-14(2-4-16)15-7-10-19(12-15)11-13-5-8-18-9-6-13/h1-4,13,15,18H,5-12H2. The zero-order valence-corrected chi connectivity index (χ0v) is 11.4. The molecular formula is C16H23FN2. The Labute approximate surface area is 115 Å². The zero-order valence-electron chi connectivity index (χ0n) is 11.4. The van der Waals surface area contributed by atoms with Crippen LogP contribution >= 0.6 is 0 Å². The fourth-order valence-electron chi connectivity index (χ4n) is 3.43. The monoisotopic (exact) mass is 262 g/mol. The van der Waals surface area contributed by atoms with Crippen LogP contribution in [-0.4, -0.2) is 37.6 Å². The van der Waals surface area contributed by atoms with Gasteiger partial charge >= 0.3 is 0 Å². The maximum Gasteiger partial charge on any atom is 0.123 e. The molecule has 2 nitrogen and oxygen atoms in total. The Morgan fingerprint density at radius 2 is 1.84 bits per heavy atom. The van der Waals surface area contributed by atoms with Crippen molar-refractivity contribution >= 4 is 0 Å². The van der Waals surface area contributed by atoms with E-state index < -0.39 is 0 Å². The fraction of sp³-hybridized carbons (Fsp3) is 0.625. The Hall–Kier alpha value is -0.930. The molecule has 2 fully saturated rings. The predicted octanol–water partition coefficient (Wildman–Crippen LogP) is 2.61. The van der Waals surface area contributed by atoms with Gasteiger partial charge in [0.05, 0.1) is 0 Å². The molecule has 2 aliphatic rings. The lowest BCUT2D eigenvalue weighted by molar-refractivity contribution is 0.239. The molecule has 3 rings (SSSR count). The molecule has 1 N–H and O–H groups in total. The van der Waals surface area contributed by atoms with E-state index in [4.69, 9.17) is 0 Å². The fourth-order valence-corrected chi connectivity index (χ4v) is 3.43. The molecule has 0 saturated carbocycles. The van der Waals surface area contributed by atoms with E-state index in [1.54, 1.807) is 12.1 Å². The van der Waals surface area contributed by atoms with Crippen LogP contribution in [0.1, 0.15) is 30.7 Å². The molecule has 0 aliphatic carbocycles. The van der Waals surface area contributed by atoms with Gasteiger partial charge in [-0.25, -0.2) is 4.39 Å². The molecule has 1 atom stereocenters. The Kier molecular flexibility index (Phi) is 4.14. The predicted molar refractivity (Wildman–Crippen MR) is 75.8 cm³/mol. The van der Waals surface area contributed by atoms with Crippen molar-refractivity contribution in [3.8, 4) is 0 Å². The normalized spacial score (nSPS) is 25.8. The molecule has 2 heterocycles. The summed E-state index contributed by atoms with van der Waals surface area (Å²) < 4.78 is 12.9. The zero-order chi connectivity index (χ0) is 13.1. The number of likely N-dealkylation sites (tertiary alicyclic amines) is 1. The van der Waals surface area contributed by atoms with Gasteiger partial charge in [0.1, 0.15) is 5.82 Å². The average molecular weight is 262 g/mol. The van der Waals surface area contributed by atoms with Crippen LogP contribution in [0.15, 0.2) is 24.3 Å². The van der Waals surface area contributed by atoms with E-state index in [-0.39, 0.29) is 5.82 Å². The highest BCUT2D eigenvalue weighted by molar-refractivity contribution is 5.21. The number of piperidine rings is 1. The van der Waals surface area contributed by atoms with Crippen molar-refractivity contribution in [3.05, 3.63) is 35.6 Å². The van der Waals surface area contributed by atoms with Crippen molar-refractivity contribution < 1.29 is 4.39 Å². The van der Waals surface area contributed by atoms with E-state index in [2.05, 4.69) is 10.2 Å². The second kappa shape index (κ2) is 6.02. The molecule has 0 radical (unpaired) electrons. The first-order chi connectivity index (χ1) is 9.31. The summed E-state index contributed by atoms with van der Waals surface area (Å²) in [7, 11) is 0. The molecule has 0 amide bonds. The molecular weight excluding hydrogens is 239 g/mol. The summed E-state index contributed by atoms with van der Waals surface area (Å²) in [4.78, 5) is 2.60. The number of nitrogens with one attached hydrogen (secondary N) is 1. The van der Waals surface area contributed by atoms with Crippen LogP contribution in [0, 0.1) is 11.7 Å². The van der Waals surface area contributed by atoms with Gasteiger partial charge in [0.2, 0.25) is 0 Å². The van der Waals surface area contributed by atoms with Crippen LogP contribution in [0.25, 0.3) is 0 Å². The van der Waals surface area contributed by atoms with Gasteiger partial charge in [-0.1, -0.05) is 12.1 Å².